The van der Waals surface area contributed by atoms with Crippen LogP contribution < -0.4 is 5.32 Å². The van der Waals surface area contributed by atoms with E-state index in [1.807, 2.05) is 0 Å². The lowest BCUT2D eigenvalue weighted by Crippen LogP contribution is -2.43. The van der Waals surface area contributed by atoms with Crippen molar-refractivity contribution in [1.82, 2.24) is 10.3 Å². The maximum atomic E-state index is 11.7. The molecule has 0 atom stereocenters. The number of hydrogen-bond acceptors (Lipinski definition) is 7. The van der Waals surface area contributed by atoms with Gasteiger partial charge in [0.2, 0.25) is 0 Å². The van der Waals surface area contributed by atoms with Gasteiger partial charge < -0.3 is 19.9 Å². The molecule has 0 unspecified atom stereocenters. The second-order valence-electron chi connectivity index (χ2n) is 6.01. The molecule has 1 saturated heterocycles. The molecule has 28 heavy (non-hydrogen) atoms. The van der Waals surface area contributed by atoms with Gasteiger partial charge in [-0.1, -0.05) is 0 Å². The third kappa shape index (κ3) is 6.31. The van der Waals surface area contributed by atoms with Gasteiger partial charge in [0.25, 0.3) is 5.79 Å². The largest absolute Gasteiger partial charge is 0.481 e. The summed E-state index contributed by atoms with van der Waals surface area (Å²) in [6.45, 7) is 3.01. The molecule has 0 aromatic carbocycles. The van der Waals surface area contributed by atoms with Crippen molar-refractivity contribution in [2.75, 3.05) is 0 Å². The van der Waals surface area contributed by atoms with Gasteiger partial charge in [-0.3, -0.25) is 9.78 Å². The molecule has 3 heterocycles. The third-order valence-corrected chi connectivity index (χ3v) is 4.21. The number of nitrogens with one attached hydrogen (secondary N) is 1. The van der Waals surface area contributed by atoms with Gasteiger partial charge in [0.15, 0.2) is 5.57 Å². The molecule has 2 aliphatic rings. The first-order valence-corrected chi connectivity index (χ1v) is 9.49. The van der Waals surface area contributed by atoms with Gasteiger partial charge in [-0.15, -0.1) is 0 Å². The van der Waals surface area contributed by atoms with E-state index in [2.05, 4.69) is 42.2 Å². The maximum absolute atomic E-state index is 11.7. The van der Waals surface area contributed by atoms with E-state index < -0.39 is 23.7 Å². The van der Waals surface area contributed by atoms with Crippen LogP contribution in [0.2, 0.25) is 0 Å². The molecule has 1 aromatic heterocycles. The van der Waals surface area contributed by atoms with Crippen LogP contribution in [0.15, 0.2) is 56.9 Å². The monoisotopic (exact) mass is 514 g/mol. The number of aliphatic carboxylic acids is 1. The first-order valence-electron chi connectivity index (χ1n) is 7.91. The summed E-state index contributed by atoms with van der Waals surface area (Å²) in [5, 5.41) is 11.2. The number of hydrogen-bond donors (Lipinski definition) is 2. The lowest BCUT2D eigenvalue weighted by Gasteiger charge is -2.30. The summed E-state index contributed by atoms with van der Waals surface area (Å²) in [5.74, 6) is -3.46. The molecule has 0 bridgehead atoms. The van der Waals surface area contributed by atoms with Gasteiger partial charge in [0.1, 0.15) is 0 Å². The molecule has 0 amide bonds. The van der Waals surface area contributed by atoms with Crippen LogP contribution in [-0.4, -0.2) is 33.8 Å². The fourth-order valence-electron chi connectivity index (χ4n) is 2.10. The van der Waals surface area contributed by atoms with Gasteiger partial charge in [-0.2, -0.15) is 0 Å². The lowest BCUT2D eigenvalue weighted by atomic mass is 10.1. The highest BCUT2D eigenvalue weighted by Gasteiger charge is 2.40. The number of cyclic esters (lactones) is 2. The van der Waals surface area contributed by atoms with E-state index in [-0.39, 0.29) is 12.0 Å². The highest BCUT2D eigenvalue weighted by atomic mass is 79.9. The lowest BCUT2D eigenvalue weighted by molar-refractivity contribution is -0.222. The molecule has 2 aliphatic heterocycles. The Labute approximate surface area is 177 Å². The minimum Gasteiger partial charge on any atom is -0.481 e. The normalized spacial score (nSPS) is 17.5. The van der Waals surface area contributed by atoms with Crippen LogP contribution >= 0.6 is 31.9 Å². The first kappa shape index (κ1) is 21.8. The topological polar surface area (TPSA) is 115 Å². The number of allylic oxidation sites excluding steroid dienone is 3. The second-order valence-corrected chi connectivity index (χ2v) is 7.84. The summed E-state index contributed by atoms with van der Waals surface area (Å²) < 4.78 is 11.6. The van der Waals surface area contributed by atoms with Crippen molar-refractivity contribution < 1.29 is 29.0 Å². The van der Waals surface area contributed by atoms with Crippen molar-refractivity contribution in [3.8, 4) is 0 Å². The number of carboxylic acid groups (broad SMARTS) is 1. The number of pyridine rings is 1. The molecule has 10 heteroatoms. The number of rotatable bonds is 2. The Kier molecular flexibility index (Phi) is 7.14. The fourth-order valence-corrected chi connectivity index (χ4v) is 2.58. The number of halogens is 2. The highest BCUT2D eigenvalue weighted by molar-refractivity contribution is 9.12. The number of carbonyl (C=O) groups is 3. The standard InChI is InChI=1S/C11H10BrNO4.C7H6BrNO2/c1-11(2)16-9(14)8(10(15)17-11)7-4-3-6(12)5-13-7;8-5-1-2-6(9-4-5)3-7(10)11/h3-5,13H,1-2H3;1-2,4H,3H2,(H,10,11). The third-order valence-electron chi connectivity index (χ3n) is 3.25. The SMILES string of the molecule is CC1(C)OC(=O)C(=C2C=CC(Br)=CN2)C(=O)O1.O=C(O)Cc1ccc(Br)cn1. The Balaban J connectivity index is 0.000000221. The van der Waals surface area contributed by atoms with E-state index in [1.165, 1.54) is 13.8 Å². The van der Waals surface area contributed by atoms with Crippen molar-refractivity contribution >= 4 is 49.8 Å². The number of carbonyl (C=O) groups excluding carboxylic acids is 2. The second kappa shape index (κ2) is 9.16. The number of dihydropyridines is 1. The first-order chi connectivity index (χ1) is 13.1. The van der Waals surface area contributed by atoms with Gasteiger partial charge in [0, 0.05) is 35.2 Å². The molecule has 1 fully saturated rings. The Hall–Kier alpha value is -2.46. The van der Waals surface area contributed by atoms with Crippen molar-refractivity contribution in [2.24, 2.45) is 0 Å². The molecule has 0 aliphatic carbocycles. The van der Waals surface area contributed by atoms with Crippen molar-refractivity contribution in [1.29, 1.82) is 0 Å². The fraction of sp³-hybridized carbons (Fsp3) is 0.222. The Bertz CT molecular complexity index is 866. The van der Waals surface area contributed by atoms with Gasteiger partial charge >= 0.3 is 17.9 Å². The number of carboxylic acids is 1. The van der Waals surface area contributed by atoms with E-state index in [9.17, 15) is 14.4 Å². The highest BCUT2D eigenvalue weighted by Crippen LogP contribution is 2.25. The zero-order valence-corrected chi connectivity index (χ0v) is 18.0. The smallest absolute Gasteiger partial charge is 0.351 e. The summed E-state index contributed by atoms with van der Waals surface area (Å²) in [7, 11) is 0. The summed E-state index contributed by atoms with van der Waals surface area (Å²) in [5.41, 5.74) is 0.802. The predicted molar refractivity (Wildman–Crippen MR) is 106 cm³/mol. The molecule has 0 saturated carbocycles. The summed E-state index contributed by atoms with van der Waals surface area (Å²) >= 11 is 6.45. The summed E-state index contributed by atoms with van der Waals surface area (Å²) in [6, 6.07) is 3.45. The molecule has 1 aromatic rings. The summed E-state index contributed by atoms with van der Waals surface area (Å²) in [6.07, 6.45) is 6.48. The van der Waals surface area contributed by atoms with Crippen molar-refractivity contribution in [2.45, 2.75) is 26.1 Å². The molecule has 0 spiro atoms. The minimum absolute atomic E-state index is 0.0206. The van der Waals surface area contributed by atoms with E-state index in [0.29, 0.717) is 11.4 Å². The number of nitrogens with zero attached hydrogens (tertiary/aromatic N) is 1. The van der Waals surface area contributed by atoms with Gasteiger partial charge in [0.05, 0.1) is 17.8 Å². The molecular formula is C18H16Br2N2O6. The number of aromatic nitrogens is 1. The van der Waals surface area contributed by atoms with Crippen LogP contribution in [0.5, 0.6) is 0 Å². The Morgan fingerprint density at radius 2 is 1.82 bits per heavy atom. The minimum atomic E-state index is -1.22. The molecule has 0 radical (unpaired) electrons. The zero-order valence-electron chi connectivity index (χ0n) is 14.9. The predicted octanol–water partition coefficient (Wildman–Crippen LogP) is 2.94. The van der Waals surface area contributed by atoms with Gasteiger partial charge in [-0.05, 0) is 56.1 Å². The van der Waals surface area contributed by atoms with E-state index >= 15 is 0 Å². The van der Waals surface area contributed by atoms with Crippen LogP contribution in [0.3, 0.4) is 0 Å². The zero-order chi connectivity index (χ0) is 20.9. The van der Waals surface area contributed by atoms with E-state index in [0.717, 1.165) is 8.96 Å². The number of ether oxygens (including phenoxy) is 2. The van der Waals surface area contributed by atoms with E-state index in [4.69, 9.17) is 14.6 Å². The molecule has 3 rings (SSSR count). The molecular weight excluding hydrogens is 500 g/mol. The van der Waals surface area contributed by atoms with Crippen LogP contribution in [0.1, 0.15) is 19.5 Å². The Morgan fingerprint density at radius 3 is 2.29 bits per heavy atom. The van der Waals surface area contributed by atoms with Crippen LogP contribution in [-0.2, 0) is 30.3 Å². The van der Waals surface area contributed by atoms with Crippen LogP contribution in [0, 0.1) is 0 Å². The molecule has 148 valence electrons. The van der Waals surface area contributed by atoms with Crippen LogP contribution in [0.4, 0.5) is 0 Å². The van der Waals surface area contributed by atoms with Gasteiger partial charge in [-0.25, -0.2) is 9.59 Å². The Morgan fingerprint density at radius 1 is 1.18 bits per heavy atom. The summed E-state index contributed by atoms with van der Waals surface area (Å²) in [4.78, 5) is 37.5. The molecule has 8 nitrogen and oxygen atoms in total. The van der Waals surface area contributed by atoms with Crippen molar-refractivity contribution in [3.05, 3.63) is 62.6 Å². The maximum Gasteiger partial charge on any atom is 0.351 e. The van der Waals surface area contributed by atoms with E-state index in [1.54, 1.807) is 36.7 Å². The van der Waals surface area contributed by atoms with Crippen LogP contribution in [0.25, 0.3) is 0 Å². The number of esters is 2. The average Bonchev–Trinajstić information content (AvgIpc) is 2.57. The molecule has 2 N–H and O–H groups in total. The van der Waals surface area contributed by atoms with Crippen molar-refractivity contribution in [3.63, 3.8) is 0 Å². The average molecular weight is 516 g/mol. The quantitative estimate of drug-likeness (QED) is 0.351.